The minimum Gasteiger partial charge on any atom is -0.459 e. The van der Waals surface area contributed by atoms with Crippen molar-refractivity contribution in [2.24, 2.45) is 4.99 Å². The van der Waals surface area contributed by atoms with Crippen molar-refractivity contribution in [3.63, 3.8) is 0 Å². The Morgan fingerprint density at radius 3 is 2.58 bits per heavy atom. The lowest BCUT2D eigenvalue weighted by atomic mass is 10.1. The van der Waals surface area contributed by atoms with Crippen molar-refractivity contribution in [1.29, 1.82) is 0 Å². The fourth-order valence-electron chi connectivity index (χ4n) is 2.30. The van der Waals surface area contributed by atoms with Crippen LogP contribution in [0.15, 0.2) is 80.6 Å². The van der Waals surface area contributed by atoms with Gasteiger partial charge in [-0.05, 0) is 36.4 Å². The summed E-state index contributed by atoms with van der Waals surface area (Å²) in [5, 5.41) is 0. The Balaban J connectivity index is 1.63. The Labute approximate surface area is 147 Å². The van der Waals surface area contributed by atoms with Crippen molar-refractivity contribution in [2.45, 2.75) is 0 Å². The average molecular weight is 349 g/mol. The minimum atomic E-state index is -0.644. The van der Waals surface area contributed by atoms with Gasteiger partial charge < -0.3 is 18.3 Å². The maximum atomic E-state index is 12.1. The number of hydrogen-bond donors (Lipinski definition) is 0. The number of furan rings is 2. The summed E-state index contributed by atoms with van der Waals surface area (Å²) in [6.07, 6.45) is 4.31. The third-order valence-corrected chi connectivity index (χ3v) is 3.49. The number of carbonyl (C=O) groups excluding carboxylic acids is 2. The van der Waals surface area contributed by atoms with Crippen LogP contribution in [-0.2, 0) is 9.53 Å². The molecule has 0 atom stereocenters. The largest absolute Gasteiger partial charge is 0.459 e. The smallest absolute Gasteiger partial charge is 0.379 e. The molecule has 7 heteroatoms. The summed E-state index contributed by atoms with van der Waals surface area (Å²) in [4.78, 5) is 28.2. The number of esters is 2. The van der Waals surface area contributed by atoms with Crippen LogP contribution in [0.25, 0.3) is 6.08 Å². The van der Waals surface area contributed by atoms with Crippen LogP contribution in [0.3, 0.4) is 0 Å². The lowest BCUT2D eigenvalue weighted by Crippen LogP contribution is -2.08. The second kappa shape index (κ2) is 6.56. The highest BCUT2D eigenvalue weighted by molar-refractivity contribution is 6.12. The average Bonchev–Trinajstić information content (AvgIpc) is 3.38. The second-order valence-electron chi connectivity index (χ2n) is 5.22. The molecule has 128 valence electrons. The lowest BCUT2D eigenvalue weighted by Gasteiger charge is -2.06. The molecule has 3 heterocycles. The molecular formula is C19H11NO6. The van der Waals surface area contributed by atoms with Crippen LogP contribution in [-0.4, -0.2) is 17.8 Å². The molecule has 1 aliphatic rings. The number of aliphatic imine (C=N–C) groups is 1. The quantitative estimate of drug-likeness (QED) is 0.407. The molecule has 0 amide bonds. The molecule has 7 nitrogen and oxygen atoms in total. The molecule has 2 aromatic heterocycles. The van der Waals surface area contributed by atoms with E-state index in [1.165, 1.54) is 24.7 Å². The van der Waals surface area contributed by atoms with E-state index in [0.29, 0.717) is 11.3 Å². The first-order valence-corrected chi connectivity index (χ1v) is 7.62. The number of rotatable bonds is 4. The fraction of sp³-hybridized carbons (Fsp3) is 0. The Morgan fingerprint density at radius 2 is 1.81 bits per heavy atom. The number of para-hydroxylation sites is 1. The lowest BCUT2D eigenvalue weighted by molar-refractivity contribution is -0.130. The first-order chi connectivity index (χ1) is 12.7. The summed E-state index contributed by atoms with van der Waals surface area (Å²) in [7, 11) is 0. The molecule has 3 aromatic rings. The van der Waals surface area contributed by atoms with E-state index in [4.69, 9.17) is 18.3 Å². The first kappa shape index (κ1) is 15.6. The van der Waals surface area contributed by atoms with Crippen LogP contribution >= 0.6 is 0 Å². The second-order valence-corrected chi connectivity index (χ2v) is 5.22. The number of cyclic esters (lactones) is 1. The molecule has 0 aliphatic carbocycles. The van der Waals surface area contributed by atoms with E-state index in [2.05, 4.69) is 4.99 Å². The van der Waals surface area contributed by atoms with Gasteiger partial charge in [-0.25, -0.2) is 14.6 Å². The highest BCUT2D eigenvalue weighted by Gasteiger charge is 2.26. The van der Waals surface area contributed by atoms with E-state index in [9.17, 15) is 9.59 Å². The normalized spacial score (nSPS) is 15.0. The van der Waals surface area contributed by atoms with E-state index >= 15 is 0 Å². The molecule has 0 saturated carbocycles. The Kier molecular flexibility index (Phi) is 3.95. The maximum Gasteiger partial charge on any atom is 0.379 e. The molecule has 0 unspecified atom stereocenters. The third-order valence-electron chi connectivity index (χ3n) is 3.49. The Hall–Kier alpha value is -3.87. The molecule has 26 heavy (non-hydrogen) atoms. The summed E-state index contributed by atoms with van der Waals surface area (Å²) >= 11 is 0. The van der Waals surface area contributed by atoms with E-state index in [-0.39, 0.29) is 23.1 Å². The molecular weight excluding hydrogens is 338 g/mol. The number of nitrogens with zero attached hydrogens (tertiary/aromatic N) is 1. The molecule has 1 aliphatic heterocycles. The summed E-state index contributed by atoms with van der Waals surface area (Å²) in [6, 6.07) is 13.1. The zero-order chi connectivity index (χ0) is 17.9. The van der Waals surface area contributed by atoms with Gasteiger partial charge in [0.25, 0.3) is 5.90 Å². The molecule has 4 rings (SSSR count). The third kappa shape index (κ3) is 3.05. The molecule has 0 N–H and O–H groups in total. The van der Waals surface area contributed by atoms with Gasteiger partial charge in [0, 0.05) is 5.56 Å². The molecule has 0 radical (unpaired) electrons. The van der Waals surface area contributed by atoms with Crippen LogP contribution in [0, 0.1) is 0 Å². The van der Waals surface area contributed by atoms with Crippen molar-refractivity contribution in [3.8, 4) is 5.75 Å². The van der Waals surface area contributed by atoms with Crippen molar-refractivity contribution >= 4 is 23.9 Å². The SMILES string of the molecule is O=C1OC(c2ccco2)=N/C1=C/c1ccccc1OC(=O)c1ccco1. The van der Waals surface area contributed by atoms with Gasteiger partial charge in [-0.15, -0.1) is 0 Å². The predicted octanol–water partition coefficient (Wildman–Crippen LogP) is 3.44. The number of benzene rings is 1. The molecule has 1 aromatic carbocycles. The van der Waals surface area contributed by atoms with Gasteiger partial charge in [-0.2, -0.15) is 0 Å². The van der Waals surface area contributed by atoms with Crippen molar-refractivity contribution < 1.29 is 27.9 Å². The zero-order valence-electron chi connectivity index (χ0n) is 13.2. The maximum absolute atomic E-state index is 12.1. The fourth-order valence-corrected chi connectivity index (χ4v) is 2.30. The van der Waals surface area contributed by atoms with E-state index < -0.39 is 11.9 Å². The topological polar surface area (TPSA) is 91.2 Å². The molecule has 0 fully saturated rings. The highest BCUT2D eigenvalue weighted by Crippen LogP contribution is 2.25. The summed E-state index contributed by atoms with van der Waals surface area (Å²) in [6.45, 7) is 0. The van der Waals surface area contributed by atoms with E-state index in [1.54, 1.807) is 42.5 Å². The number of hydrogen-bond acceptors (Lipinski definition) is 7. The van der Waals surface area contributed by atoms with Crippen LogP contribution in [0.5, 0.6) is 5.75 Å². The van der Waals surface area contributed by atoms with Gasteiger partial charge in [0.15, 0.2) is 11.5 Å². The van der Waals surface area contributed by atoms with Crippen LogP contribution in [0.4, 0.5) is 0 Å². The Bertz CT molecular complexity index is 1010. The number of ether oxygens (including phenoxy) is 2. The van der Waals surface area contributed by atoms with Crippen molar-refractivity contribution in [3.05, 3.63) is 83.8 Å². The standard InChI is InChI=1S/C19H11NO6/c21-18-13(20-17(26-18)15-7-3-9-23-15)11-12-5-1-2-6-14(12)25-19(22)16-8-4-10-24-16/h1-11H/b13-11+. The molecule has 0 saturated heterocycles. The predicted molar refractivity (Wildman–Crippen MR) is 89.4 cm³/mol. The summed E-state index contributed by atoms with van der Waals surface area (Å²) in [5.74, 6) is -0.504. The van der Waals surface area contributed by atoms with Gasteiger partial charge in [-0.1, -0.05) is 18.2 Å². The van der Waals surface area contributed by atoms with Gasteiger partial charge in [0.1, 0.15) is 5.75 Å². The Morgan fingerprint density at radius 1 is 1.00 bits per heavy atom. The van der Waals surface area contributed by atoms with Gasteiger partial charge in [-0.3, -0.25) is 0 Å². The van der Waals surface area contributed by atoms with Gasteiger partial charge in [0.05, 0.1) is 12.5 Å². The summed E-state index contributed by atoms with van der Waals surface area (Å²) < 4.78 is 20.6. The van der Waals surface area contributed by atoms with Gasteiger partial charge in [0.2, 0.25) is 5.76 Å². The van der Waals surface area contributed by atoms with E-state index in [1.807, 2.05) is 0 Å². The van der Waals surface area contributed by atoms with E-state index in [0.717, 1.165) is 0 Å². The highest BCUT2D eigenvalue weighted by atomic mass is 16.6. The van der Waals surface area contributed by atoms with Crippen molar-refractivity contribution in [1.82, 2.24) is 0 Å². The minimum absolute atomic E-state index is 0.0675. The van der Waals surface area contributed by atoms with Crippen LogP contribution in [0.2, 0.25) is 0 Å². The molecule has 0 spiro atoms. The molecule has 0 bridgehead atoms. The zero-order valence-corrected chi connectivity index (χ0v) is 13.2. The summed E-state index contributed by atoms with van der Waals surface area (Å²) in [5.41, 5.74) is 0.557. The van der Waals surface area contributed by atoms with Crippen LogP contribution < -0.4 is 4.74 Å². The van der Waals surface area contributed by atoms with Gasteiger partial charge >= 0.3 is 11.9 Å². The first-order valence-electron chi connectivity index (χ1n) is 7.62. The van der Waals surface area contributed by atoms with Crippen LogP contribution in [0.1, 0.15) is 21.9 Å². The monoisotopic (exact) mass is 349 g/mol. The number of carbonyl (C=O) groups is 2. The van der Waals surface area contributed by atoms with Crippen molar-refractivity contribution in [2.75, 3.05) is 0 Å².